The smallest absolute Gasteiger partial charge is 0.233 e. The lowest BCUT2D eigenvalue weighted by Gasteiger charge is -2.30. The number of aliphatic hydroxyl groups is 1. The van der Waals surface area contributed by atoms with E-state index in [1.807, 2.05) is 0 Å². The molecule has 0 aromatic heterocycles. The molecule has 20 heavy (non-hydrogen) atoms. The molecule has 112 valence electrons. The van der Waals surface area contributed by atoms with Crippen LogP contribution in [0.2, 0.25) is 0 Å². The number of amides is 2. The van der Waals surface area contributed by atoms with E-state index >= 15 is 0 Å². The third-order valence-corrected chi connectivity index (χ3v) is 5.69. The molecule has 0 spiro atoms. The fourth-order valence-corrected chi connectivity index (χ4v) is 4.35. The van der Waals surface area contributed by atoms with Gasteiger partial charge in [-0.1, -0.05) is 26.2 Å². The van der Waals surface area contributed by atoms with E-state index in [1.54, 1.807) is 0 Å². The molecule has 4 nitrogen and oxygen atoms in total. The van der Waals surface area contributed by atoms with Crippen molar-refractivity contribution in [3.05, 3.63) is 0 Å². The Morgan fingerprint density at radius 1 is 1.10 bits per heavy atom. The van der Waals surface area contributed by atoms with Gasteiger partial charge in [0, 0.05) is 12.5 Å². The largest absolute Gasteiger partial charge is 0.393 e. The highest BCUT2D eigenvalue weighted by Gasteiger charge is 2.52. The average molecular weight is 279 g/mol. The van der Waals surface area contributed by atoms with Crippen LogP contribution in [0.3, 0.4) is 0 Å². The number of hydrogen-bond donors (Lipinski definition) is 1. The number of imide groups is 1. The Bertz CT molecular complexity index is 385. The highest BCUT2D eigenvalue weighted by Crippen LogP contribution is 2.44. The Kier molecular flexibility index (Phi) is 3.85. The maximum Gasteiger partial charge on any atom is 0.233 e. The summed E-state index contributed by atoms with van der Waals surface area (Å²) < 4.78 is 0. The number of likely N-dealkylation sites (tertiary alicyclic amines) is 1. The van der Waals surface area contributed by atoms with Crippen LogP contribution in [0.5, 0.6) is 0 Å². The van der Waals surface area contributed by atoms with Gasteiger partial charge >= 0.3 is 0 Å². The van der Waals surface area contributed by atoms with E-state index in [2.05, 4.69) is 6.92 Å². The molecule has 4 atom stereocenters. The molecule has 1 aliphatic heterocycles. The molecule has 3 rings (SSSR count). The predicted octanol–water partition coefficient (Wildman–Crippen LogP) is 1.96. The average Bonchev–Trinajstić information content (AvgIpc) is 2.96. The van der Waals surface area contributed by atoms with Crippen LogP contribution in [0.4, 0.5) is 0 Å². The summed E-state index contributed by atoms with van der Waals surface area (Å²) in [5, 5.41) is 10.0. The summed E-state index contributed by atoms with van der Waals surface area (Å²) in [5.74, 6) is 0.585. The summed E-state index contributed by atoms with van der Waals surface area (Å²) in [5.41, 5.74) is 0. The van der Waals surface area contributed by atoms with Crippen LogP contribution >= 0.6 is 0 Å². The third-order valence-electron chi connectivity index (χ3n) is 5.69. The minimum atomic E-state index is -0.340. The van der Waals surface area contributed by atoms with Crippen LogP contribution in [-0.2, 0) is 9.59 Å². The first-order valence-electron chi connectivity index (χ1n) is 8.15. The van der Waals surface area contributed by atoms with Crippen LogP contribution in [0.15, 0.2) is 0 Å². The zero-order valence-corrected chi connectivity index (χ0v) is 12.3. The Hall–Kier alpha value is -0.900. The summed E-state index contributed by atoms with van der Waals surface area (Å²) in [6.45, 7) is 2.58. The van der Waals surface area contributed by atoms with Gasteiger partial charge in [0.15, 0.2) is 0 Å². The molecule has 2 saturated carbocycles. The molecular formula is C16H25NO3. The maximum absolute atomic E-state index is 12.5. The fourth-order valence-electron chi connectivity index (χ4n) is 4.35. The summed E-state index contributed by atoms with van der Waals surface area (Å²) in [6, 6.07) is 0. The molecule has 4 heteroatoms. The van der Waals surface area contributed by atoms with E-state index in [9.17, 15) is 14.7 Å². The van der Waals surface area contributed by atoms with Crippen LogP contribution in [0.25, 0.3) is 0 Å². The molecule has 0 radical (unpaired) electrons. The second kappa shape index (κ2) is 5.47. The monoisotopic (exact) mass is 279 g/mol. The van der Waals surface area contributed by atoms with Gasteiger partial charge in [0.25, 0.3) is 0 Å². The Balaban J connectivity index is 1.67. The first-order valence-corrected chi connectivity index (χ1v) is 8.15. The van der Waals surface area contributed by atoms with E-state index in [-0.39, 0.29) is 35.7 Å². The lowest BCUT2D eigenvalue weighted by Crippen LogP contribution is -2.41. The van der Waals surface area contributed by atoms with Crippen molar-refractivity contribution in [2.75, 3.05) is 6.54 Å². The Morgan fingerprint density at radius 3 is 2.25 bits per heavy atom. The topological polar surface area (TPSA) is 57.6 Å². The molecule has 2 amide bonds. The highest BCUT2D eigenvalue weighted by molar-refractivity contribution is 6.05. The van der Waals surface area contributed by atoms with Crippen LogP contribution < -0.4 is 0 Å². The summed E-state index contributed by atoms with van der Waals surface area (Å²) in [4.78, 5) is 26.4. The molecular weight excluding hydrogens is 254 g/mol. The lowest BCUT2D eigenvalue weighted by molar-refractivity contribution is -0.142. The van der Waals surface area contributed by atoms with Gasteiger partial charge in [0.2, 0.25) is 11.8 Å². The molecule has 4 unspecified atom stereocenters. The van der Waals surface area contributed by atoms with Gasteiger partial charge in [-0.05, 0) is 31.6 Å². The summed E-state index contributed by atoms with van der Waals surface area (Å²) in [6.07, 6.45) is 6.40. The van der Waals surface area contributed by atoms with Crippen molar-refractivity contribution in [2.45, 2.75) is 58.0 Å². The second-order valence-electron chi connectivity index (χ2n) is 6.86. The summed E-state index contributed by atoms with van der Waals surface area (Å²) in [7, 11) is 0. The highest BCUT2D eigenvalue weighted by atomic mass is 16.3. The van der Waals surface area contributed by atoms with Crippen LogP contribution in [-0.4, -0.2) is 34.5 Å². The molecule has 1 heterocycles. The Labute approximate surface area is 120 Å². The van der Waals surface area contributed by atoms with E-state index in [1.165, 1.54) is 4.90 Å². The Morgan fingerprint density at radius 2 is 1.70 bits per heavy atom. The third kappa shape index (κ3) is 2.28. The van der Waals surface area contributed by atoms with Crippen molar-refractivity contribution in [1.82, 2.24) is 4.90 Å². The normalized spacial score (nSPS) is 41.3. The second-order valence-corrected chi connectivity index (χ2v) is 6.86. The number of hydrogen-bond acceptors (Lipinski definition) is 3. The van der Waals surface area contributed by atoms with Crippen molar-refractivity contribution in [3.63, 3.8) is 0 Å². The first-order chi connectivity index (χ1) is 9.61. The summed E-state index contributed by atoms with van der Waals surface area (Å²) >= 11 is 0. The van der Waals surface area contributed by atoms with E-state index in [0.717, 1.165) is 44.9 Å². The number of carbonyl (C=O) groups excluding carboxylic acids is 2. The molecule has 1 saturated heterocycles. The van der Waals surface area contributed by atoms with Crippen molar-refractivity contribution in [1.29, 1.82) is 0 Å². The molecule has 1 N–H and O–H groups in total. The first kappa shape index (κ1) is 14.1. The van der Waals surface area contributed by atoms with E-state index in [4.69, 9.17) is 0 Å². The fraction of sp³-hybridized carbons (Fsp3) is 0.875. The molecule has 2 aliphatic carbocycles. The quantitative estimate of drug-likeness (QED) is 0.803. The van der Waals surface area contributed by atoms with E-state index in [0.29, 0.717) is 12.5 Å². The predicted molar refractivity (Wildman–Crippen MR) is 74.7 cm³/mol. The number of fused-ring (bicyclic) bond motifs is 1. The van der Waals surface area contributed by atoms with Crippen LogP contribution in [0.1, 0.15) is 51.9 Å². The van der Waals surface area contributed by atoms with Crippen molar-refractivity contribution >= 4 is 11.8 Å². The molecule has 0 bridgehead atoms. The van der Waals surface area contributed by atoms with Crippen molar-refractivity contribution < 1.29 is 14.7 Å². The number of carbonyl (C=O) groups is 2. The SMILES string of the molecule is CCC1CC2C(=O)N(CC3CCCCC3O)C(=O)C2C1. The number of aliphatic hydroxyl groups excluding tert-OH is 1. The minimum absolute atomic E-state index is 0.0359. The van der Waals surface area contributed by atoms with Crippen molar-refractivity contribution in [2.24, 2.45) is 23.7 Å². The molecule has 3 aliphatic rings. The van der Waals surface area contributed by atoms with Gasteiger partial charge in [-0.2, -0.15) is 0 Å². The van der Waals surface area contributed by atoms with Gasteiger partial charge in [-0.3, -0.25) is 14.5 Å². The van der Waals surface area contributed by atoms with Crippen LogP contribution in [0, 0.1) is 23.7 Å². The lowest BCUT2D eigenvalue weighted by atomic mass is 9.86. The minimum Gasteiger partial charge on any atom is -0.393 e. The van der Waals surface area contributed by atoms with Gasteiger partial charge in [0.05, 0.1) is 17.9 Å². The van der Waals surface area contributed by atoms with Gasteiger partial charge in [-0.15, -0.1) is 0 Å². The molecule has 0 aromatic carbocycles. The van der Waals surface area contributed by atoms with Gasteiger partial charge < -0.3 is 5.11 Å². The molecule has 3 fully saturated rings. The van der Waals surface area contributed by atoms with Gasteiger partial charge in [-0.25, -0.2) is 0 Å². The maximum atomic E-state index is 12.5. The molecule has 0 aromatic rings. The van der Waals surface area contributed by atoms with E-state index < -0.39 is 0 Å². The number of nitrogens with zero attached hydrogens (tertiary/aromatic N) is 1. The number of rotatable bonds is 3. The zero-order valence-electron chi connectivity index (χ0n) is 12.3. The van der Waals surface area contributed by atoms with Crippen molar-refractivity contribution in [3.8, 4) is 0 Å². The standard InChI is InChI=1S/C16H25NO3/c1-2-10-7-12-13(8-10)16(20)17(15(12)19)9-11-5-3-4-6-14(11)18/h10-14,18H,2-9H2,1H3. The van der Waals surface area contributed by atoms with Gasteiger partial charge in [0.1, 0.15) is 0 Å². The zero-order chi connectivity index (χ0) is 14.3.